The highest BCUT2D eigenvalue weighted by Crippen LogP contribution is 2.29. The molecule has 0 unspecified atom stereocenters. The number of hydrogen-bond acceptors (Lipinski definition) is 4. The number of nitrogens with zero attached hydrogens (tertiary/aromatic N) is 2. The summed E-state index contributed by atoms with van der Waals surface area (Å²) in [5.74, 6) is 1.05. The fourth-order valence-electron chi connectivity index (χ4n) is 1.62. The van der Waals surface area contributed by atoms with Gasteiger partial charge in [-0.15, -0.1) is 10.2 Å². The summed E-state index contributed by atoms with van der Waals surface area (Å²) in [6.45, 7) is 0.617. The highest BCUT2D eigenvalue weighted by atomic mass is 79.9. The van der Waals surface area contributed by atoms with Gasteiger partial charge in [0.15, 0.2) is 0 Å². The van der Waals surface area contributed by atoms with Crippen LogP contribution >= 0.6 is 27.5 Å². The molecule has 0 atom stereocenters. The van der Waals surface area contributed by atoms with E-state index in [0.717, 1.165) is 10.0 Å². The van der Waals surface area contributed by atoms with Gasteiger partial charge in [-0.05, 0) is 31.0 Å². The quantitative estimate of drug-likeness (QED) is 0.934. The molecular formula is C12H11BrClN3O. The fraction of sp³-hybridized carbons (Fsp3) is 0.333. The molecule has 0 spiro atoms. The maximum atomic E-state index is 6.14. The summed E-state index contributed by atoms with van der Waals surface area (Å²) in [5, 5.41) is 11.9. The van der Waals surface area contributed by atoms with Crippen molar-refractivity contribution in [1.82, 2.24) is 15.5 Å². The first-order valence-electron chi connectivity index (χ1n) is 5.73. The average molecular weight is 329 g/mol. The van der Waals surface area contributed by atoms with Crippen LogP contribution in [-0.4, -0.2) is 16.2 Å². The molecule has 18 heavy (non-hydrogen) atoms. The first-order chi connectivity index (χ1) is 8.72. The van der Waals surface area contributed by atoms with Gasteiger partial charge in [0.25, 0.3) is 0 Å². The maximum absolute atomic E-state index is 6.14. The SMILES string of the molecule is Clc1cc(Br)ccc1-c1nnc(CNC2CC2)o1. The Balaban J connectivity index is 1.78. The molecule has 0 aliphatic heterocycles. The van der Waals surface area contributed by atoms with Crippen LogP contribution in [0.4, 0.5) is 0 Å². The molecule has 1 fully saturated rings. The topological polar surface area (TPSA) is 51.0 Å². The van der Waals surface area contributed by atoms with Crippen LogP contribution in [0.1, 0.15) is 18.7 Å². The highest BCUT2D eigenvalue weighted by molar-refractivity contribution is 9.10. The maximum Gasteiger partial charge on any atom is 0.249 e. The largest absolute Gasteiger partial charge is 0.419 e. The molecule has 2 aromatic rings. The smallest absolute Gasteiger partial charge is 0.249 e. The van der Waals surface area contributed by atoms with Crippen LogP contribution in [0.2, 0.25) is 5.02 Å². The van der Waals surface area contributed by atoms with Crippen LogP contribution in [0.15, 0.2) is 27.1 Å². The van der Waals surface area contributed by atoms with E-state index in [0.29, 0.717) is 29.4 Å². The van der Waals surface area contributed by atoms with Gasteiger partial charge in [-0.3, -0.25) is 0 Å². The van der Waals surface area contributed by atoms with Crippen molar-refractivity contribution in [1.29, 1.82) is 0 Å². The van der Waals surface area contributed by atoms with Gasteiger partial charge in [0.05, 0.1) is 17.1 Å². The van der Waals surface area contributed by atoms with E-state index in [4.69, 9.17) is 16.0 Å². The van der Waals surface area contributed by atoms with E-state index in [2.05, 4.69) is 31.4 Å². The Hall–Kier alpha value is -0.910. The second kappa shape index (κ2) is 4.99. The Morgan fingerprint density at radius 3 is 2.94 bits per heavy atom. The van der Waals surface area contributed by atoms with Crippen molar-refractivity contribution in [3.63, 3.8) is 0 Å². The molecule has 94 valence electrons. The lowest BCUT2D eigenvalue weighted by Gasteiger charge is -1.99. The Bertz CT molecular complexity index is 568. The molecule has 1 aliphatic carbocycles. The molecule has 1 aliphatic rings. The first kappa shape index (κ1) is 12.1. The molecule has 6 heteroatoms. The number of halogens is 2. The summed E-state index contributed by atoms with van der Waals surface area (Å²) >= 11 is 9.50. The van der Waals surface area contributed by atoms with Gasteiger partial charge in [0, 0.05) is 10.5 Å². The summed E-state index contributed by atoms with van der Waals surface area (Å²) < 4.78 is 6.51. The number of hydrogen-bond donors (Lipinski definition) is 1. The average Bonchev–Trinajstić information content (AvgIpc) is 3.05. The van der Waals surface area contributed by atoms with Gasteiger partial charge in [0.1, 0.15) is 0 Å². The van der Waals surface area contributed by atoms with E-state index in [-0.39, 0.29) is 0 Å². The fourth-order valence-corrected chi connectivity index (χ4v) is 2.37. The monoisotopic (exact) mass is 327 g/mol. The second-order valence-corrected chi connectivity index (χ2v) is 5.60. The lowest BCUT2D eigenvalue weighted by Crippen LogP contribution is -2.15. The zero-order valence-electron chi connectivity index (χ0n) is 9.49. The van der Waals surface area contributed by atoms with Crippen molar-refractivity contribution in [3.8, 4) is 11.5 Å². The van der Waals surface area contributed by atoms with E-state index in [1.807, 2.05) is 18.2 Å². The molecule has 1 saturated carbocycles. The Kier molecular flexibility index (Phi) is 3.37. The summed E-state index contributed by atoms with van der Waals surface area (Å²) in [4.78, 5) is 0. The summed E-state index contributed by atoms with van der Waals surface area (Å²) in [7, 11) is 0. The van der Waals surface area contributed by atoms with Gasteiger partial charge in [-0.1, -0.05) is 27.5 Å². The Morgan fingerprint density at radius 2 is 2.22 bits per heavy atom. The van der Waals surface area contributed by atoms with Gasteiger partial charge < -0.3 is 9.73 Å². The summed E-state index contributed by atoms with van der Waals surface area (Å²) in [6, 6.07) is 6.19. The van der Waals surface area contributed by atoms with Crippen molar-refractivity contribution < 1.29 is 4.42 Å². The lowest BCUT2D eigenvalue weighted by molar-refractivity contribution is 0.476. The number of benzene rings is 1. The molecule has 0 amide bonds. The number of nitrogens with one attached hydrogen (secondary N) is 1. The lowest BCUT2D eigenvalue weighted by atomic mass is 10.2. The minimum Gasteiger partial charge on any atom is -0.419 e. The third-order valence-electron chi connectivity index (χ3n) is 2.75. The van der Waals surface area contributed by atoms with E-state index in [9.17, 15) is 0 Å². The number of aromatic nitrogens is 2. The van der Waals surface area contributed by atoms with Gasteiger partial charge in [-0.25, -0.2) is 0 Å². The molecule has 0 bridgehead atoms. The van der Waals surface area contributed by atoms with Crippen molar-refractivity contribution in [3.05, 3.63) is 33.6 Å². The molecule has 1 aromatic heterocycles. The van der Waals surface area contributed by atoms with Gasteiger partial charge >= 0.3 is 0 Å². The first-order valence-corrected chi connectivity index (χ1v) is 6.90. The van der Waals surface area contributed by atoms with Crippen LogP contribution in [0, 0.1) is 0 Å². The summed E-state index contributed by atoms with van der Waals surface area (Å²) in [5.41, 5.74) is 0.755. The predicted molar refractivity (Wildman–Crippen MR) is 72.3 cm³/mol. The molecule has 3 rings (SSSR count). The third kappa shape index (κ3) is 2.74. The summed E-state index contributed by atoms with van der Waals surface area (Å²) in [6.07, 6.45) is 2.47. The van der Waals surface area contributed by atoms with E-state index >= 15 is 0 Å². The van der Waals surface area contributed by atoms with Crippen molar-refractivity contribution >= 4 is 27.5 Å². The molecule has 1 N–H and O–H groups in total. The van der Waals surface area contributed by atoms with Crippen LogP contribution in [0.25, 0.3) is 11.5 Å². The van der Waals surface area contributed by atoms with Gasteiger partial charge in [0.2, 0.25) is 11.8 Å². The Morgan fingerprint density at radius 1 is 1.39 bits per heavy atom. The third-order valence-corrected chi connectivity index (χ3v) is 3.55. The van der Waals surface area contributed by atoms with Gasteiger partial charge in [-0.2, -0.15) is 0 Å². The normalized spacial score (nSPS) is 15.0. The molecule has 1 aromatic carbocycles. The Labute approximate surface area is 118 Å². The zero-order chi connectivity index (χ0) is 12.5. The number of rotatable bonds is 4. The minimum atomic E-state index is 0.458. The predicted octanol–water partition coefficient (Wildman–Crippen LogP) is 3.40. The van der Waals surface area contributed by atoms with E-state index in [1.54, 1.807) is 0 Å². The molecule has 1 heterocycles. The van der Waals surface area contributed by atoms with Crippen molar-refractivity contribution in [2.75, 3.05) is 0 Å². The second-order valence-electron chi connectivity index (χ2n) is 4.28. The molecule has 0 saturated heterocycles. The molecular weight excluding hydrogens is 318 g/mol. The van der Waals surface area contributed by atoms with E-state index < -0.39 is 0 Å². The van der Waals surface area contributed by atoms with Crippen molar-refractivity contribution in [2.24, 2.45) is 0 Å². The molecule has 0 radical (unpaired) electrons. The van der Waals surface area contributed by atoms with Crippen LogP contribution in [-0.2, 0) is 6.54 Å². The van der Waals surface area contributed by atoms with Crippen molar-refractivity contribution in [2.45, 2.75) is 25.4 Å². The van der Waals surface area contributed by atoms with Crippen LogP contribution < -0.4 is 5.32 Å². The zero-order valence-corrected chi connectivity index (χ0v) is 11.8. The molecule has 4 nitrogen and oxygen atoms in total. The minimum absolute atomic E-state index is 0.458. The standard InChI is InChI=1S/C12H11BrClN3O/c13-7-1-4-9(10(14)5-7)12-17-16-11(18-12)6-15-8-2-3-8/h1,4-5,8,15H,2-3,6H2. The van der Waals surface area contributed by atoms with Crippen LogP contribution in [0.3, 0.4) is 0 Å². The van der Waals surface area contributed by atoms with Crippen LogP contribution in [0.5, 0.6) is 0 Å². The highest BCUT2D eigenvalue weighted by Gasteiger charge is 2.21. The van der Waals surface area contributed by atoms with E-state index in [1.165, 1.54) is 12.8 Å².